The predicted octanol–water partition coefficient (Wildman–Crippen LogP) is 1.27. The second kappa shape index (κ2) is 4.05. The average Bonchev–Trinajstić information content (AvgIpc) is 3.09. The van der Waals surface area contributed by atoms with E-state index in [2.05, 4.69) is 14.9 Å². The van der Waals surface area contributed by atoms with Crippen LogP contribution in [0.25, 0.3) is 0 Å². The van der Waals surface area contributed by atoms with Gasteiger partial charge < -0.3 is 16.4 Å². The van der Waals surface area contributed by atoms with Gasteiger partial charge in [-0.15, -0.1) is 0 Å². The second-order valence-corrected chi connectivity index (χ2v) is 5.30. The van der Waals surface area contributed by atoms with Crippen molar-refractivity contribution in [1.29, 1.82) is 0 Å². The van der Waals surface area contributed by atoms with E-state index >= 15 is 0 Å². The third-order valence-electron chi connectivity index (χ3n) is 3.42. The number of hydrogen-bond donors (Lipinski definition) is 2. The van der Waals surface area contributed by atoms with Gasteiger partial charge in [-0.25, -0.2) is 0 Å². The Morgan fingerprint density at radius 3 is 2.12 bits per heavy atom. The summed E-state index contributed by atoms with van der Waals surface area (Å²) in [4.78, 5) is 10.6. The smallest absolute Gasteiger partial charge is 0.223 e. The normalized spacial score (nSPS) is 19.3. The van der Waals surface area contributed by atoms with E-state index in [4.69, 9.17) is 11.5 Å². The van der Waals surface area contributed by atoms with Gasteiger partial charge in [0.1, 0.15) is 11.6 Å². The first kappa shape index (κ1) is 10.6. The lowest BCUT2D eigenvalue weighted by Gasteiger charge is -2.23. The Morgan fingerprint density at radius 2 is 1.65 bits per heavy atom. The Hall–Kier alpha value is -1.52. The molecule has 1 aromatic rings. The zero-order valence-electron chi connectivity index (χ0n) is 9.97. The Balaban J connectivity index is 1.78. The minimum absolute atomic E-state index is 0.275. The van der Waals surface area contributed by atoms with Crippen molar-refractivity contribution >= 4 is 17.6 Å². The first-order valence-electron chi connectivity index (χ1n) is 6.35. The van der Waals surface area contributed by atoms with Gasteiger partial charge in [0.2, 0.25) is 5.95 Å². The quantitative estimate of drug-likeness (QED) is 0.800. The van der Waals surface area contributed by atoms with Crippen LogP contribution in [-0.2, 0) is 0 Å². The molecule has 0 amide bonds. The highest BCUT2D eigenvalue weighted by molar-refractivity contribution is 5.50. The molecule has 0 unspecified atom stereocenters. The van der Waals surface area contributed by atoms with Crippen LogP contribution in [0.15, 0.2) is 6.07 Å². The van der Waals surface area contributed by atoms with Crippen molar-refractivity contribution in [2.24, 2.45) is 11.8 Å². The number of aromatic nitrogens is 2. The van der Waals surface area contributed by atoms with Crippen molar-refractivity contribution < 1.29 is 0 Å². The summed E-state index contributed by atoms with van der Waals surface area (Å²) in [7, 11) is 0. The molecule has 3 rings (SSSR count). The third kappa shape index (κ3) is 2.78. The number of nitrogen functional groups attached to an aromatic ring is 2. The molecule has 2 fully saturated rings. The van der Waals surface area contributed by atoms with E-state index < -0.39 is 0 Å². The molecule has 1 heterocycles. The minimum Gasteiger partial charge on any atom is -0.383 e. The fourth-order valence-corrected chi connectivity index (χ4v) is 2.12. The summed E-state index contributed by atoms with van der Waals surface area (Å²) in [5, 5.41) is 0. The van der Waals surface area contributed by atoms with Crippen molar-refractivity contribution in [2.75, 3.05) is 29.5 Å². The van der Waals surface area contributed by atoms with E-state index in [0.29, 0.717) is 5.82 Å². The van der Waals surface area contributed by atoms with E-state index in [-0.39, 0.29) is 5.95 Å². The molecule has 1 aromatic heterocycles. The first-order chi connectivity index (χ1) is 8.20. The lowest BCUT2D eigenvalue weighted by molar-refractivity contribution is 0.671. The minimum atomic E-state index is 0.275. The van der Waals surface area contributed by atoms with Crippen molar-refractivity contribution in [3.63, 3.8) is 0 Å². The standard InChI is InChI=1S/C12H19N5/c13-10-5-11(16-12(14)15-10)17(6-8-1-2-8)7-9-3-4-9/h5,8-9H,1-4,6-7H2,(H4,13,14,15,16). The highest BCUT2D eigenvalue weighted by atomic mass is 15.2. The Labute approximate surface area is 101 Å². The topological polar surface area (TPSA) is 81.1 Å². The lowest BCUT2D eigenvalue weighted by atomic mass is 10.3. The summed E-state index contributed by atoms with van der Waals surface area (Å²) in [5.41, 5.74) is 11.4. The van der Waals surface area contributed by atoms with E-state index in [1.165, 1.54) is 25.7 Å². The summed E-state index contributed by atoms with van der Waals surface area (Å²) in [6, 6.07) is 1.83. The molecule has 2 aliphatic rings. The van der Waals surface area contributed by atoms with E-state index in [1.807, 2.05) is 6.07 Å². The van der Waals surface area contributed by atoms with Crippen molar-refractivity contribution in [1.82, 2.24) is 9.97 Å². The maximum absolute atomic E-state index is 5.73. The molecule has 92 valence electrons. The molecule has 2 saturated carbocycles. The van der Waals surface area contributed by atoms with Gasteiger partial charge in [-0.2, -0.15) is 9.97 Å². The lowest BCUT2D eigenvalue weighted by Crippen LogP contribution is -2.29. The molecular weight excluding hydrogens is 214 g/mol. The molecule has 0 atom stereocenters. The number of rotatable bonds is 5. The fraction of sp³-hybridized carbons (Fsp3) is 0.667. The molecule has 5 nitrogen and oxygen atoms in total. The summed E-state index contributed by atoms with van der Waals surface area (Å²) in [5.74, 6) is 3.31. The predicted molar refractivity (Wildman–Crippen MR) is 68.5 cm³/mol. The van der Waals surface area contributed by atoms with Crippen molar-refractivity contribution in [3.8, 4) is 0 Å². The summed E-state index contributed by atoms with van der Waals surface area (Å²) >= 11 is 0. The van der Waals surface area contributed by atoms with E-state index in [0.717, 1.165) is 30.7 Å². The molecule has 5 heteroatoms. The van der Waals surface area contributed by atoms with Crippen LogP contribution >= 0.6 is 0 Å². The molecule has 0 saturated heterocycles. The SMILES string of the molecule is Nc1cc(N(CC2CC2)CC2CC2)nc(N)n1. The third-order valence-corrected chi connectivity index (χ3v) is 3.42. The monoisotopic (exact) mass is 233 g/mol. The highest BCUT2D eigenvalue weighted by Gasteiger charge is 2.30. The Bertz CT molecular complexity index is 377. The molecule has 0 radical (unpaired) electrons. The van der Waals surface area contributed by atoms with Crippen LogP contribution in [-0.4, -0.2) is 23.1 Å². The van der Waals surface area contributed by atoms with Crippen molar-refractivity contribution in [3.05, 3.63) is 6.07 Å². The first-order valence-corrected chi connectivity index (χ1v) is 6.35. The van der Waals surface area contributed by atoms with Crippen LogP contribution in [0, 0.1) is 11.8 Å². The van der Waals surface area contributed by atoms with Crippen LogP contribution < -0.4 is 16.4 Å². The number of nitrogens with zero attached hydrogens (tertiary/aromatic N) is 3. The molecular formula is C12H19N5. The Kier molecular flexibility index (Phi) is 2.53. The fourth-order valence-electron chi connectivity index (χ4n) is 2.12. The maximum atomic E-state index is 5.73. The van der Waals surface area contributed by atoms with Crippen LogP contribution in [0.2, 0.25) is 0 Å². The Morgan fingerprint density at radius 1 is 1.06 bits per heavy atom. The largest absolute Gasteiger partial charge is 0.383 e. The molecule has 0 bridgehead atoms. The van der Waals surface area contributed by atoms with Gasteiger partial charge in [-0.05, 0) is 37.5 Å². The summed E-state index contributed by atoms with van der Waals surface area (Å²) in [6.45, 7) is 2.18. The van der Waals surface area contributed by atoms with Gasteiger partial charge in [-0.1, -0.05) is 0 Å². The van der Waals surface area contributed by atoms with Crippen LogP contribution in [0.5, 0.6) is 0 Å². The molecule has 2 aliphatic carbocycles. The molecule has 17 heavy (non-hydrogen) atoms. The zero-order chi connectivity index (χ0) is 11.8. The number of hydrogen-bond acceptors (Lipinski definition) is 5. The average molecular weight is 233 g/mol. The molecule has 0 aromatic carbocycles. The maximum Gasteiger partial charge on any atom is 0.223 e. The van der Waals surface area contributed by atoms with Gasteiger partial charge in [0.05, 0.1) is 0 Å². The molecule has 0 aliphatic heterocycles. The van der Waals surface area contributed by atoms with Crippen molar-refractivity contribution in [2.45, 2.75) is 25.7 Å². The number of nitrogens with two attached hydrogens (primary N) is 2. The van der Waals surface area contributed by atoms with Gasteiger partial charge >= 0.3 is 0 Å². The van der Waals surface area contributed by atoms with Gasteiger partial charge in [0, 0.05) is 19.2 Å². The second-order valence-electron chi connectivity index (χ2n) is 5.30. The van der Waals surface area contributed by atoms with Crippen LogP contribution in [0.3, 0.4) is 0 Å². The van der Waals surface area contributed by atoms with Gasteiger partial charge in [-0.3, -0.25) is 0 Å². The highest BCUT2D eigenvalue weighted by Crippen LogP contribution is 2.35. The molecule has 4 N–H and O–H groups in total. The summed E-state index contributed by atoms with van der Waals surface area (Å²) < 4.78 is 0. The van der Waals surface area contributed by atoms with Crippen LogP contribution in [0.4, 0.5) is 17.6 Å². The molecule has 0 spiro atoms. The zero-order valence-corrected chi connectivity index (χ0v) is 9.97. The summed E-state index contributed by atoms with van der Waals surface area (Å²) in [6.07, 6.45) is 5.38. The van der Waals surface area contributed by atoms with Crippen LogP contribution in [0.1, 0.15) is 25.7 Å². The van der Waals surface area contributed by atoms with E-state index in [1.54, 1.807) is 0 Å². The van der Waals surface area contributed by atoms with E-state index in [9.17, 15) is 0 Å². The van der Waals surface area contributed by atoms with Gasteiger partial charge in [0.25, 0.3) is 0 Å². The number of anilines is 3. The van der Waals surface area contributed by atoms with Gasteiger partial charge in [0.15, 0.2) is 0 Å².